The second-order valence-electron chi connectivity index (χ2n) is 7.45. The quantitative estimate of drug-likeness (QED) is 0.345. The number of carbonyl (C=O) groups excluding carboxylic acids is 1. The van der Waals surface area contributed by atoms with Crippen molar-refractivity contribution in [2.75, 3.05) is 18.5 Å². The van der Waals surface area contributed by atoms with Crippen molar-refractivity contribution in [3.05, 3.63) is 66.7 Å². The van der Waals surface area contributed by atoms with E-state index >= 15 is 0 Å². The summed E-state index contributed by atoms with van der Waals surface area (Å²) in [5.41, 5.74) is 0.792. The van der Waals surface area contributed by atoms with E-state index in [2.05, 4.69) is 12.2 Å². The van der Waals surface area contributed by atoms with Gasteiger partial charge in [0.25, 0.3) is 5.91 Å². The van der Waals surface area contributed by atoms with Crippen LogP contribution in [-0.2, 0) is 4.79 Å². The fraction of sp³-hybridized carbons (Fsp3) is 0.346. The van der Waals surface area contributed by atoms with E-state index in [1.807, 2.05) is 66.7 Å². The van der Waals surface area contributed by atoms with E-state index in [0.29, 0.717) is 5.75 Å². The van der Waals surface area contributed by atoms with Gasteiger partial charge >= 0.3 is 0 Å². The minimum atomic E-state index is -0.185. The molecule has 0 aliphatic heterocycles. The third-order valence-corrected chi connectivity index (χ3v) is 5.02. The Morgan fingerprint density at radius 3 is 2.23 bits per heavy atom. The number of carbonyl (C=O) groups is 1. The number of ether oxygens (including phenoxy) is 2. The summed E-state index contributed by atoms with van der Waals surface area (Å²) in [6.45, 7) is 2.93. The molecule has 1 N–H and O–H groups in total. The molecule has 0 heterocycles. The Morgan fingerprint density at radius 2 is 1.43 bits per heavy atom. The molecule has 0 bridgehead atoms. The van der Waals surface area contributed by atoms with Gasteiger partial charge in [-0.15, -0.1) is 0 Å². The van der Waals surface area contributed by atoms with Gasteiger partial charge in [0, 0.05) is 11.1 Å². The molecule has 0 atom stereocenters. The van der Waals surface area contributed by atoms with Gasteiger partial charge in [-0.3, -0.25) is 4.79 Å². The molecule has 0 fully saturated rings. The minimum absolute atomic E-state index is 0.0405. The molecule has 0 radical (unpaired) electrons. The van der Waals surface area contributed by atoms with Gasteiger partial charge in [-0.25, -0.2) is 0 Å². The van der Waals surface area contributed by atoms with Gasteiger partial charge < -0.3 is 14.8 Å². The van der Waals surface area contributed by atoms with Crippen LogP contribution in [0.1, 0.15) is 45.4 Å². The summed E-state index contributed by atoms with van der Waals surface area (Å²) in [6.07, 6.45) is 7.49. The molecule has 30 heavy (non-hydrogen) atoms. The second kappa shape index (κ2) is 11.9. The molecular formula is C26H31NO3. The molecule has 0 aromatic heterocycles. The van der Waals surface area contributed by atoms with Crippen molar-refractivity contribution < 1.29 is 14.3 Å². The average Bonchev–Trinajstić information content (AvgIpc) is 2.78. The van der Waals surface area contributed by atoms with Crippen molar-refractivity contribution in [3.8, 4) is 11.5 Å². The molecule has 3 aromatic carbocycles. The summed E-state index contributed by atoms with van der Waals surface area (Å²) in [5.74, 6) is 1.29. The Balaban J connectivity index is 1.40. The van der Waals surface area contributed by atoms with E-state index in [1.54, 1.807) is 0 Å². The number of hydrogen-bond acceptors (Lipinski definition) is 3. The van der Waals surface area contributed by atoms with Gasteiger partial charge in [-0.2, -0.15) is 0 Å². The number of unbranched alkanes of at least 4 members (excludes halogenated alkanes) is 5. The first kappa shape index (κ1) is 21.7. The zero-order valence-corrected chi connectivity index (χ0v) is 17.7. The molecule has 0 aliphatic rings. The van der Waals surface area contributed by atoms with Crippen LogP contribution in [0.2, 0.25) is 0 Å². The van der Waals surface area contributed by atoms with Gasteiger partial charge in [0.15, 0.2) is 6.61 Å². The lowest BCUT2D eigenvalue weighted by atomic mass is 10.1. The molecule has 0 spiro atoms. The first-order valence-electron chi connectivity index (χ1n) is 10.9. The lowest BCUT2D eigenvalue weighted by Gasteiger charge is -2.11. The zero-order chi connectivity index (χ0) is 21.0. The largest absolute Gasteiger partial charge is 0.494 e. The first-order valence-corrected chi connectivity index (χ1v) is 10.9. The SMILES string of the molecule is CCCCCCCCOc1ccc(OCC(=O)Nc2cccc3ccccc23)cc1. The second-order valence-corrected chi connectivity index (χ2v) is 7.45. The fourth-order valence-corrected chi connectivity index (χ4v) is 3.37. The fourth-order valence-electron chi connectivity index (χ4n) is 3.37. The summed E-state index contributed by atoms with van der Waals surface area (Å²) in [7, 11) is 0. The summed E-state index contributed by atoms with van der Waals surface area (Å²) in [6, 6.07) is 21.3. The average molecular weight is 406 g/mol. The molecule has 0 unspecified atom stereocenters. The Morgan fingerprint density at radius 1 is 0.767 bits per heavy atom. The molecular weight excluding hydrogens is 374 g/mol. The molecule has 4 heteroatoms. The number of amides is 1. The normalized spacial score (nSPS) is 10.7. The Kier molecular flexibility index (Phi) is 8.58. The van der Waals surface area contributed by atoms with Crippen molar-refractivity contribution in [2.24, 2.45) is 0 Å². The predicted octanol–water partition coefficient (Wildman–Crippen LogP) is 6.60. The highest BCUT2D eigenvalue weighted by atomic mass is 16.5. The zero-order valence-electron chi connectivity index (χ0n) is 17.7. The highest BCUT2D eigenvalue weighted by Crippen LogP contribution is 2.23. The van der Waals surface area contributed by atoms with Crippen molar-refractivity contribution >= 4 is 22.4 Å². The molecule has 158 valence electrons. The lowest BCUT2D eigenvalue weighted by molar-refractivity contribution is -0.118. The van der Waals surface area contributed by atoms with Crippen LogP contribution in [0, 0.1) is 0 Å². The van der Waals surface area contributed by atoms with Crippen LogP contribution in [0.15, 0.2) is 66.7 Å². The van der Waals surface area contributed by atoms with E-state index in [9.17, 15) is 4.79 Å². The van der Waals surface area contributed by atoms with Crippen LogP contribution in [0.5, 0.6) is 11.5 Å². The highest BCUT2D eigenvalue weighted by Gasteiger charge is 2.07. The van der Waals surface area contributed by atoms with Crippen molar-refractivity contribution in [1.29, 1.82) is 0 Å². The molecule has 3 rings (SSSR count). The third-order valence-electron chi connectivity index (χ3n) is 5.02. The van der Waals surface area contributed by atoms with Crippen LogP contribution in [0.25, 0.3) is 10.8 Å². The van der Waals surface area contributed by atoms with Crippen molar-refractivity contribution in [2.45, 2.75) is 45.4 Å². The van der Waals surface area contributed by atoms with E-state index in [4.69, 9.17) is 9.47 Å². The maximum absolute atomic E-state index is 12.3. The van der Waals surface area contributed by atoms with Crippen molar-refractivity contribution in [1.82, 2.24) is 0 Å². The third kappa shape index (κ3) is 6.80. The number of rotatable bonds is 12. The Bertz CT molecular complexity index is 916. The molecule has 0 aliphatic carbocycles. The predicted molar refractivity (Wildman–Crippen MR) is 123 cm³/mol. The molecule has 0 saturated heterocycles. The van der Waals surface area contributed by atoms with E-state index < -0.39 is 0 Å². The number of benzene rings is 3. The maximum Gasteiger partial charge on any atom is 0.262 e. The molecule has 0 saturated carbocycles. The van der Waals surface area contributed by atoms with Crippen LogP contribution in [-0.4, -0.2) is 19.1 Å². The lowest BCUT2D eigenvalue weighted by Crippen LogP contribution is -2.20. The number of anilines is 1. The molecule has 4 nitrogen and oxygen atoms in total. The smallest absolute Gasteiger partial charge is 0.262 e. The van der Waals surface area contributed by atoms with Gasteiger partial charge in [-0.1, -0.05) is 75.4 Å². The number of fused-ring (bicyclic) bond motifs is 1. The van der Waals surface area contributed by atoms with Crippen LogP contribution in [0.4, 0.5) is 5.69 Å². The monoisotopic (exact) mass is 405 g/mol. The van der Waals surface area contributed by atoms with Crippen LogP contribution < -0.4 is 14.8 Å². The van der Waals surface area contributed by atoms with E-state index in [-0.39, 0.29) is 12.5 Å². The van der Waals surface area contributed by atoms with Gasteiger partial charge in [0.05, 0.1) is 6.61 Å². The topological polar surface area (TPSA) is 47.6 Å². The summed E-state index contributed by atoms with van der Waals surface area (Å²) >= 11 is 0. The van der Waals surface area contributed by atoms with Crippen LogP contribution >= 0.6 is 0 Å². The summed E-state index contributed by atoms with van der Waals surface area (Å²) in [5, 5.41) is 5.04. The van der Waals surface area contributed by atoms with Gasteiger partial charge in [0.1, 0.15) is 11.5 Å². The summed E-state index contributed by atoms with van der Waals surface area (Å²) in [4.78, 5) is 12.3. The van der Waals surface area contributed by atoms with Gasteiger partial charge in [-0.05, 0) is 42.1 Å². The van der Waals surface area contributed by atoms with Crippen molar-refractivity contribution in [3.63, 3.8) is 0 Å². The number of hydrogen-bond donors (Lipinski definition) is 1. The first-order chi connectivity index (χ1) is 14.8. The van der Waals surface area contributed by atoms with E-state index in [1.165, 1.54) is 32.1 Å². The highest BCUT2D eigenvalue weighted by molar-refractivity contribution is 6.02. The van der Waals surface area contributed by atoms with Crippen LogP contribution in [0.3, 0.4) is 0 Å². The summed E-state index contributed by atoms with van der Waals surface area (Å²) < 4.78 is 11.4. The standard InChI is InChI=1S/C26H31NO3/c1-2-3-4-5-6-9-19-29-22-15-17-23(18-16-22)30-20-26(28)27-25-14-10-12-21-11-7-8-13-24(21)25/h7-8,10-18H,2-6,9,19-20H2,1H3,(H,27,28). The molecule has 3 aromatic rings. The molecule has 1 amide bonds. The Labute approximate surface area is 179 Å². The maximum atomic E-state index is 12.3. The number of nitrogens with one attached hydrogen (secondary N) is 1. The minimum Gasteiger partial charge on any atom is -0.494 e. The van der Waals surface area contributed by atoms with Gasteiger partial charge in [0.2, 0.25) is 0 Å². The Hall–Kier alpha value is -3.01. The van der Waals surface area contributed by atoms with E-state index in [0.717, 1.165) is 35.2 Å².